The lowest BCUT2D eigenvalue weighted by Gasteiger charge is -2.43. The summed E-state index contributed by atoms with van der Waals surface area (Å²) in [5, 5.41) is 9.18. The Morgan fingerprint density at radius 1 is 0.963 bits per heavy atom. The Kier molecular flexibility index (Phi) is 3.71. The first-order valence-corrected chi connectivity index (χ1v) is 9.64. The van der Waals surface area contributed by atoms with Gasteiger partial charge >= 0.3 is 5.97 Å². The third-order valence-electron chi connectivity index (χ3n) is 6.27. The SMILES string of the molecule is O=C(O)c1ccc(C2CC(N3CCCC3=O)c3cccc4c3N2CC4)cc1. The zero-order chi connectivity index (χ0) is 18.5. The van der Waals surface area contributed by atoms with Crippen molar-refractivity contribution in [1.82, 2.24) is 4.90 Å². The van der Waals surface area contributed by atoms with Crippen molar-refractivity contribution in [3.05, 3.63) is 64.7 Å². The number of anilines is 1. The van der Waals surface area contributed by atoms with Crippen LogP contribution < -0.4 is 4.90 Å². The van der Waals surface area contributed by atoms with Crippen LogP contribution in [0.4, 0.5) is 5.69 Å². The van der Waals surface area contributed by atoms with E-state index in [2.05, 4.69) is 28.0 Å². The molecule has 1 saturated heterocycles. The number of rotatable bonds is 3. The van der Waals surface area contributed by atoms with Gasteiger partial charge in [-0.1, -0.05) is 30.3 Å². The van der Waals surface area contributed by atoms with Gasteiger partial charge in [-0.15, -0.1) is 0 Å². The third-order valence-corrected chi connectivity index (χ3v) is 6.27. The van der Waals surface area contributed by atoms with Gasteiger partial charge in [0.25, 0.3) is 0 Å². The number of amides is 1. The number of carbonyl (C=O) groups is 2. The lowest BCUT2D eigenvalue weighted by Crippen LogP contribution is -2.39. The first kappa shape index (κ1) is 16.4. The number of benzene rings is 2. The fourth-order valence-electron chi connectivity index (χ4n) is 5.02. The molecule has 3 aliphatic rings. The quantitative estimate of drug-likeness (QED) is 0.907. The molecule has 1 N–H and O–H groups in total. The van der Waals surface area contributed by atoms with Crippen molar-refractivity contribution in [1.29, 1.82) is 0 Å². The van der Waals surface area contributed by atoms with E-state index in [-0.39, 0.29) is 18.0 Å². The monoisotopic (exact) mass is 362 g/mol. The number of hydrogen-bond donors (Lipinski definition) is 1. The number of aromatic carboxylic acids is 1. The number of carboxylic acid groups (broad SMARTS) is 1. The van der Waals surface area contributed by atoms with Gasteiger partial charge in [0, 0.05) is 25.2 Å². The largest absolute Gasteiger partial charge is 0.478 e. The highest BCUT2D eigenvalue weighted by molar-refractivity contribution is 5.87. The molecule has 138 valence electrons. The van der Waals surface area contributed by atoms with Gasteiger partial charge in [-0.05, 0) is 48.1 Å². The molecule has 5 nitrogen and oxygen atoms in total. The molecule has 0 radical (unpaired) electrons. The van der Waals surface area contributed by atoms with Crippen LogP contribution in [0.5, 0.6) is 0 Å². The topological polar surface area (TPSA) is 60.9 Å². The van der Waals surface area contributed by atoms with Crippen molar-refractivity contribution >= 4 is 17.6 Å². The van der Waals surface area contributed by atoms with Crippen molar-refractivity contribution in [2.45, 2.75) is 37.8 Å². The highest BCUT2D eigenvalue weighted by Crippen LogP contribution is 2.50. The number of carboxylic acids is 1. The molecule has 0 saturated carbocycles. The summed E-state index contributed by atoms with van der Waals surface area (Å²) in [5.74, 6) is -0.649. The van der Waals surface area contributed by atoms with E-state index < -0.39 is 5.97 Å². The number of carbonyl (C=O) groups excluding carboxylic acids is 1. The number of para-hydroxylation sites is 1. The van der Waals surface area contributed by atoms with Crippen LogP contribution in [0.3, 0.4) is 0 Å². The minimum atomic E-state index is -0.903. The van der Waals surface area contributed by atoms with E-state index in [0.29, 0.717) is 12.0 Å². The molecular formula is C22H22N2O3. The molecule has 27 heavy (non-hydrogen) atoms. The molecule has 3 aliphatic heterocycles. The second-order valence-corrected chi connectivity index (χ2v) is 7.68. The Morgan fingerprint density at radius 3 is 2.48 bits per heavy atom. The van der Waals surface area contributed by atoms with E-state index in [9.17, 15) is 14.7 Å². The Bertz CT molecular complexity index is 922. The Hall–Kier alpha value is -2.82. The summed E-state index contributed by atoms with van der Waals surface area (Å²) in [4.78, 5) is 28.2. The second kappa shape index (κ2) is 6.12. The van der Waals surface area contributed by atoms with Crippen molar-refractivity contribution in [2.24, 2.45) is 0 Å². The molecule has 0 bridgehead atoms. The van der Waals surface area contributed by atoms with Crippen LogP contribution in [0, 0.1) is 0 Å². The van der Waals surface area contributed by atoms with Crippen molar-refractivity contribution in [3.63, 3.8) is 0 Å². The van der Waals surface area contributed by atoms with Gasteiger partial charge in [0.15, 0.2) is 0 Å². The van der Waals surface area contributed by atoms with Crippen LogP contribution >= 0.6 is 0 Å². The minimum absolute atomic E-state index is 0.105. The van der Waals surface area contributed by atoms with Gasteiger partial charge in [0.05, 0.1) is 17.6 Å². The summed E-state index contributed by atoms with van der Waals surface area (Å²) >= 11 is 0. The summed E-state index contributed by atoms with van der Waals surface area (Å²) in [6, 6.07) is 14.0. The molecular weight excluding hydrogens is 340 g/mol. The molecule has 2 unspecified atom stereocenters. The first-order chi connectivity index (χ1) is 13.1. The molecule has 2 aromatic carbocycles. The zero-order valence-electron chi connectivity index (χ0n) is 15.1. The van der Waals surface area contributed by atoms with E-state index in [1.807, 2.05) is 12.1 Å². The Balaban J connectivity index is 1.58. The number of hydrogen-bond acceptors (Lipinski definition) is 3. The van der Waals surface area contributed by atoms with Crippen LogP contribution in [0.2, 0.25) is 0 Å². The van der Waals surface area contributed by atoms with E-state index in [1.54, 1.807) is 12.1 Å². The van der Waals surface area contributed by atoms with Crippen molar-refractivity contribution in [2.75, 3.05) is 18.0 Å². The molecule has 5 rings (SSSR count). The van der Waals surface area contributed by atoms with Crippen molar-refractivity contribution in [3.8, 4) is 0 Å². The predicted octanol–water partition coefficient (Wildman–Crippen LogP) is 3.56. The maximum atomic E-state index is 12.5. The maximum Gasteiger partial charge on any atom is 0.335 e. The summed E-state index contributed by atoms with van der Waals surface area (Å²) in [7, 11) is 0. The second-order valence-electron chi connectivity index (χ2n) is 7.68. The van der Waals surface area contributed by atoms with Crippen LogP contribution in [0.1, 0.15) is 58.4 Å². The smallest absolute Gasteiger partial charge is 0.335 e. The lowest BCUT2D eigenvalue weighted by atomic mass is 9.86. The molecule has 1 fully saturated rings. The van der Waals surface area contributed by atoms with Crippen LogP contribution in [-0.4, -0.2) is 35.0 Å². The van der Waals surface area contributed by atoms with E-state index in [4.69, 9.17) is 0 Å². The van der Waals surface area contributed by atoms with Crippen LogP contribution in [0.15, 0.2) is 42.5 Å². The molecule has 2 aromatic rings. The lowest BCUT2D eigenvalue weighted by molar-refractivity contribution is -0.130. The Labute approximate surface area is 158 Å². The standard InChI is InChI=1S/C22H22N2O3/c25-20-5-2-11-23(20)19-13-18(14-6-8-16(9-7-14)22(26)27)24-12-10-15-3-1-4-17(19)21(15)24/h1,3-4,6-9,18-19H,2,5,10-13H2,(H,26,27). The fraction of sp³-hybridized carbons (Fsp3) is 0.364. The average Bonchev–Trinajstić information content (AvgIpc) is 3.30. The normalized spacial score (nSPS) is 23.6. The molecule has 2 atom stereocenters. The van der Waals surface area contributed by atoms with Gasteiger partial charge in [0.1, 0.15) is 0 Å². The molecule has 0 aromatic heterocycles. The fourth-order valence-corrected chi connectivity index (χ4v) is 5.02. The third kappa shape index (κ3) is 2.52. The van der Waals surface area contributed by atoms with Gasteiger partial charge in [-0.3, -0.25) is 4.79 Å². The van der Waals surface area contributed by atoms with Gasteiger partial charge in [0.2, 0.25) is 5.91 Å². The molecule has 3 heterocycles. The Morgan fingerprint density at radius 2 is 1.78 bits per heavy atom. The zero-order valence-corrected chi connectivity index (χ0v) is 15.1. The van der Waals surface area contributed by atoms with Gasteiger partial charge < -0.3 is 14.9 Å². The van der Waals surface area contributed by atoms with E-state index in [1.165, 1.54) is 16.8 Å². The highest BCUT2D eigenvalue weighted by Gasteiger charge is 2.41. The number of nitrogens with zero attached hydrogens (tertiary/aromatic N) is 2. The van der Waals surface area contributed by atoms with Crippen LogP contribution in [0.25, 0.3) is 0 Å². The summed E-state index contributed by atoms with van der Waals surface area (Å²) in [6.45, 7) is 1.80. The summed E-state index contributed by atoms with van der Waals surface area (Å²) in [5.41, 5.74) is 5.36. The van der Waals surface area contributed by atoms with Gasteiger partial charge in [-0.25, -0.2) is 4.79 Å². The van der Waals surface area contributed by atoms with Crippen LogP contribution in [-0.2, 0) is 11.2 Å². The molecule has 1 amide bonds. The number of likely N-dealkylation sites (tertiary alicyclic amines) is 1. The molecule has 0 aliphatic carbocycles. The van der Waals surface area contributed by atoms with E-state index >= 15 is 0 Å². The summed E-state index contributed by atoms with van der Waals surface area (Å²) in [6.07, 6.45) is 3.46. The molecule has 0 spiro atoms. The predicted molar refractivity (Wildman–Crippen MR) is 102 cm³/mol. The minimum Gasteiger partial charge on any atom is -0.478 e. The van der Waals surface area contributed by atoms with E-state index in [0.717, 1.165) is 37.9 Å². The highest BCUT2D eigenvalue weighted by atomic mass is 16.4. The molecule has 5 heteroatoms. The summed E-state index contributed by atoms with van der Waals surface area (Å²) < 4.78 is 0. The maximum absolute atomic E-state index is 12.5. The van der Waals surface area contributed by atoms with Crippen molar-refractivity contribution < 1.29 is 14.7 Å². The first-order valence-electron chi connectivity index (χ1n) is 9.64. The average molecular weight is 362 g/mol. The van der Waals surface area contributed by atoms with Gasteiger partial charge in [-0.2, -0.15) is 0 Å².